The Morgan fingerprint density at radius 1 is 1.37 bits per heavy atom. The molecule has 1 fully saturated rings. The van der Waals surface area contributed by atoms with Crippen molar-refractivity contribution in [2.45, 2.75) is 0 Å². The van der Waals surface area contributed by atoms with Crippen molar-refractivity contribution in [1.29, 1.82) is 0 Å². The van der Waals surface area contributed by atoms with Gasteiger partial charge in [0.25, 0.3) is 5.91 Å². The summed E-state index contributed by atoms with van der Waals surface area (Å²) in [5.41, 5.74) is 0.975. The van der Waals surface area contributed by atoms with Crippen LogP contribution >= 0.6 is 11.6 Å². The average Bonchev–Trinajstić information content (AvgIpc) is 2.28. The molecule has 102 valence electrons. The van der Waals surface area contributed by atoms with Crippen molar-refractivity contribution in [1.82, 2.24) is 10.2 Å². The van der Waals surface area contributed by atoms with Gasteiger partial charge in [0.2, 0.25) is 5.91 Å². The quantitative estimate of drug-likeness (QED) is 0.875. The number of anilines is 1. The first-order valence-corrected chi connectivity index (χ1v) is 6.39. The van der Waals surface area contributed by atoms with Gasteiger partial charge >= 0.3 is 0 Å². The third kappa shape index (κ3) is 3.05. The minimum absolute atomic E-state index is 0.0238. The molecule has 6 heteroatoms. The average molecular weight is 282 g/mol. The second-order valence-electron chi connectivity index (χ2n) is 4.74. The van der Waals surface area contributed by atoms with E-state index in [4.69, 9.17) is 11.6 Å². The second kappa shape index (κ2) is 5.59. The zero-order valence-electron chi connectivity index (χ0n) is 10.9. The maximum atomic E-state index is 11.9. The van der Waals surface area contributed by atoms with Gasteiger partial charge in [0.15, 0.2) is 0 Å². The minimum Gasteiger partial charge on any atom is -0.345 e. The van der Waals surface area contributed by atoms with E-state index in [1.54, 1.807) is 32.3 Å². The van der Waals surface area contributed by atoms with E-state index in [1.807, 2.05) is 0 Å². The Morgan fingerprint density at radius 3 is 2.58 bits per heavy atom. The first kappa shape index (κ1) is 13.8. The molecule has 1 aliphatic rings. The van der Waals surface area contributed by atoms with Crippen molar-refractivity contribution in [3.63, 3.8) is 0 Å². The maximum absolute atomic E-state index is 11.9. The molecule has 19 heavy (non-hydrogen) atoms. The third-order valence-corrected chi connectivity index (χ3v) is 3.36. The molecule has 2 N–H and O–H groups in total. The normalized spacial score (nSPS) is 14.7. The molecule has 1 heterocycles. The summed E-state index contributed by atoms with van der Waals surface area (Å²) in [6.45, 7) is 1.36. The molecular formula is C13H16ClN3O2. The van der Waals surface area contributed by atoms with Crippen LogP contribution in [-0.4, -0.2) is 43.9 Å². The standard InChI is InChI=1S/C13H16ClN3O2/c1-17(2)13(19)8-3-4-10(14)11(5-8)16-12(18)9-6-15-7-9/h3-5,9,15H,6-7H2,1-2H3,(H,16,18). The molecule has 0 radical (unpaired) electrons. The number of hydrogen-bond acceptors (Lipinski definition) is 3. The summed E-state index contributed by atoms with van der Waals surface area (Å²) in [5, 5.41) is 6.22. The van der Waals surface area contributed by atoms with Crippen molar-refractivity contribution >= 4 is 29.1 Å². The van der Waals surface area contributed by atoms with Gasteiger partial charge in [-0.25, -0.2) is 0 Å². The summed E-state index contributed by atoms with van der Waals surface area (Å²) in [7, 11) is 3.35. The summed E-state index contributed by atoms with van der Waals surface area (Å²) in [4.78, 5) is 25.2. The third-order valence-electron chi connectivity index (χ3n) is 3.03. The van der Waals surface area contributed by atoms with Gasteiger partial charge in [-0.3, -0.25) is 9.59 Å². The number of benzene rings is 1. The van der Waals surface area contributed by atoms with E-state index >= 15 is 0 Å². The Hall–Kier alpha value is -1.59. The van der Waals surface area contributed by atoms with E-state index in [0.717, 1.165) is 0 Å². The van der Waals surface area contributed by atoms with Gasteiger partial charge in [-0.1, -0.05) is 11.6 Å². The fourth-order valence-corrected chi connectivity index (χ4v) is 1.89. The van der Waals surface area contributed by atoms with Crippen molar-refractivity contribution in [3.8, 4) is 0 Å². The van der Waals surface area contributed by atoms with E-state index in [9.17, 15) is 9.59 Å². The van der Waals surface area contributed by atoms with E-state index in [2.05, 4.69) is 10.6 Å². The van der Waals surface area contributed by atoms with Crippen LogP contribution < -0.4 is 10.6 Å². The molecule has 1 aromatic carbocycles. The number of nitrogens with zero attached hydrogens (tertiary/aromatic N) is 1. The molecule has 0 aliphatic carbocycles. The second-order valence-corrected chi connectivity index (χ2v) is 5.15. The van der Waals surface area contributed by atoms with E-state index in [0.29, 0.717) is 29.4 Å². The van der Waals surface area contributed by atoms with Crippen LogP contribution in [0.5, 0.6) is 0 Å². The van der Waals surface area contributed by atoms with Crippen molar-refractivity contribution in [2.24, 2.45) is 5.92 Å². The van der Waals surface area contributed by atoms with Gasteiger partial charge in [0, 0.05) is 32.7 Å². The zero-order valence-corrected chi connectivity index (χ0v) is 11.6. The molecule has 0 atom stereocenters. The molecular weight excluding hydrogens is 266 g/mol. The molecule has 1 aliphatic heterocycles. The summed E-state index contributed by atoms with van der Waals surface area (Å²) in [6, 6.07) is 4.87. The van der Waals surface area contributed by atoms with Crippen LogP contribution in [0.1, 0.15) is 10.4 Å². The largest absolute Gasteiger partial charge is 0.345 e. The molecule has 0 unspecified atom stereocenters. The van der Waals surface area contributed by atoms with E-state index in [-0.39, 0.29) is 17.7 Å². The predicted octanol–water partition coefficient (Wildman–Crippen LogP) is 1.20. The zero-order chi connectivity index (χ0) is 14.0. The van der Waals surface area contributed by atoms with Crippen LogP contribution in [-0.2, 0) is 4.79 Å². The highest BCUT2D eigenvalue weighted by Gasteiger charge is 2.25. The molecule has 1 aromatic rings. The van der Waals surface area contributed by atoms with Crippen LogP contribution in [0.2, 0.25) is 5.02 Å². The van der Waals surface area contributed by atoms with Crippen LogP contribution in [0, 0.1) is 5.92 Å². The highest BCUT2D eigenvalue weighted by molar-refractivity contribution is 6.33. The van der Waals surface area contributed by atoms with Crippen LogP contribution in [0.3, 0.4) is 0 Å². The topological polar surface area (TPSA) is 61.4 Å². The number of carbonyl (C=O) groups is 2. The summed E-state index contributed by atoms with van der Waals surface area (Å²) in [6.07, 6.45) is 0. The van der Waals surface area contributed by atoms with Crippen molar-refractivity contribution < 1.29 is 9.59 Å². The minimum atomic E-state index is -0.127. The Labute approximate surface area is 116 Å². The molecule has 1 saturated heterocycles. The summed E-state index contributed by atoms with van der Waals surface area (Å²) < 4.78 is 0. The molecule has 0 bridgehead atoms. The first-order chi connectivity index (χ1) is 8.99. The number of nitrogens with one attached hydrogen (secondary N) is 2. The molecule has 5 nitrogen and oxygen atoms in total. The van der Waals surface area contributed by atoms with Crippen LogP contribution in [0.15, 0.2) is 18.2 Å². The van der Waals surface area contributed by atoms with Crippen LogP contribution in [0.25, 0.3) is 0 Å². The Bertz CT molecular complexity index is 513. The summed E-state index contributed by atoms with van der Waals surface area (Å²) >= 11 is 6.04. The molecule has 2 rings (SSSR count). The van der Waals surface area contributed by atoms with Crippen molar-refractivity contribution in [2.75, 3.05) is 32.5 Å². The highest BCUT2D eigenvalue weighted by atomic mass is 35.5. The smallest absolute Gasteiger partial charge is 0.253 e. The van der Waals surface area contributed by atoms with Crippen molar-refractivity contribution in [3.05, 3.63) is 28.8 Å². The molecule has 0 saturated carbocycles. The lowest BCUT2D eigenvalue weighted by molar-refractivity contribution is -0.121. The predicted molar refractivity (Wildman–Crippen MR) is 74.5 cm³/mol. The fourth-order valence-electron chi connectivity index (χ4n) is 1.72. The highest BCUT2D eigenvalue weighted by Crippen LogP contribution is 2.24. The summed E-state index contributed by atoms with van der Waals surface area (Å²) in [5.74, 6) is -0.225. The van der Waals surface area contributed by atoms with E-state index in [1.165, 1.54) is 4.90 Å². The number of amides is 2. The molecule has 2 amide bonds. The number of halogens is 1. The fraction of sp³-hybridized carbons (Fsp3) is 0.385. The number of carbonyl (C=O) groups excluding carboxylic acids is 2. The monoisotopic (exact) mass is 281 g/mol. The van der Waals surface area contributed by atoms with Gasteiger partial charge in [-0.05, 0) is 18.2 Å². The first-order valence-electron chi connectivity index (χ1n) is 6.02. The lowest BCUT2D eigenvalue weighted by atomic mass is 10.0. The Kier molecular flexibility index (Phi) is 4.07. The molecule has 0 spiro atoms. The SMILES string of the molecule is CN(C)C(=O)c1ccc(Cl)c(NC(=O)C2CNC2)c1. The molecule has 0 aromatic heterocycles. The number of hydrogen-bond donors (Lipinski definition) is 2. The maximum Gasteiger partial charge on any atom is 0.253 e. The van der Waals surface area contributed by atoms with Gasteiger partial charge in [0.1, 0.15) is 0 Å². The van der Waals surface area contributed by atoms with Gasteiger partial charge in [-0.15, -0.1) is 0 Å². The lowest BCUT2D eigenvalue weighted by Crippen LogP contribution is -2.48. The lowest BCUT2D eigenvalue weighted by Gasteiger charge is -2.26. The van der Waals surface area contributed by atoms with Gasteiger partial charge < -0.3 is 15.5 Å². The van der Waals surface area contributed by atoms with Gasteiger partial charge in [0.05, 0.1) is 16.6 Å². The number of rotatable bonds is 3. The van der Waals surface area contributed by atoms with Gasteiger partial charge in [-0.2, -0.15) is 0 Å². The Balaban J connectivity index is 2.17. The van der Waals surface area contributed by atoms with Crippen LogP contribution in [0.4, 0.5) is 5.69 Å². The Morgan fingerprint density at radius 2 is 2.05 bits per heavy atom. The van der Waals surface area contributed by atoms with E-state index < -0.39 is 0 Å².